The van der Waals surface area contributed by atoms with Gasteiger partial charge in [-0.3, -0.25) is 0 Å². The Morgan fingerprint density at radius 3 is 2.25 bits per heavy atom. The molecule has 1 atom stereocenters. The Balaban J connectivity index is 0.00000128. The van der Waals surface area contributed by atoms with E-state index in [-0.39, 0.29) is 23.9 Å². The van der Waals surface area contributed by atoms with E-state index in [9.17, 15) is 0 Å². The fourth-order valence-electron chi connectivity index (χ4n) is 2.37. The van der Waals surface area contributed by atoms with Gasteiger partial charge >= 0.3 is 0 Å². The van der Waals surface area contributed by atoms with E-state index in [2.05, 4.69) is 13.0 Å². The van der Waals surface area contributed by atoms with Crippen LogP contribution in [0.4, 0.5) is 0 Å². The van der Waals surface area contributed by atoms with Crippen molar-refractivity contribution in [3.63, 3.8) is 0 Å². The molecule has 0 spiro atoms. The zero-order chi connectivity index (χ0) is 11.1. The van der Waals surface area contributed by atoms with E-state index in [0.717, 1.165) is 12.8 Å². The summed E-state index contributed by atoms with van der Waals surface area (Å²) in [5.74, 6) is 0. The zero-order valence-corrected chi connectivity index (χ0v) is 11.5. The van der Waals surface area contributed by atoms with Crippen molar-refractivity contribution in [2.45, 2.75) is 37.6 Å². The molecular weight excluding hydrogens is 264 g/mol. The number of nitrogens with two attached hydrogens (primary N) is 1. The molecule has 16 heavy (non-hydrogen) atoms. The van der Waals surface area contributed by atoms with Crippen molar-refractivity contribution >= 4 is 35.6 Å². The maximum Gasteiger partial charge on any atom is 0.0595 e. The van der Waals surface area contributed by atoms with Gasteiger partial charge in [0.1, 0.15) is 0 Å². The predicted octanol–water partition coefficient (Wildman–Crippen LogP) is 4.18. The standard InChI is InChI=1S/C12H15Cl2N.ClH/c1-8(15)12(5-2-6-12)9-3-4-10(13)11(14)7-9;/h3-4,7-8H,2,5-6,15H2,1H3;1H. The molecule has 4 heteroatoms. The largest absolute Gasteiger partial charge is 0.327 e. The van der Waals surface area contributed by atoms with Crippen LogP contribution in [-0.2, 0) is 5.41 Å². The Morgan fingerprint density at radius 1 is 1.25 bits per heavy atom. The Kier molecular flexibility index (Phi) is 4.53. The van der Waals surface area contributed by atoms with Crippen molar-refractivity contribution in [3.05, 3.63) is 33.8 Å². The highest BCUT2D eigenvalue weighted by Crippen LogP contribution is 2.46. The molecule has 1 saturated carbocycles. The molecule has 0 heterocycles. The first-order valence-corrected chi connectivity index (χ1v) is 6.03. The monoisotopic (exact) mass is 279 g/mol. The minimum atomic E-state index is 0. The fourth-order valence-corrected chi connectivity index (χ4v) is 2.67. The van der Waals surface area contributed by atoms with Crippen LogP contribution in [0.1, 0.15) is 31.7 Å². The molecule has 0 bridgehead atoms. The fraction of sp³-hybridized carbons (Fsp3) is 0.500. The lowest BCUT2D eigenvalue weighted by Crippen LogP contribution is -2.48. The van der Waals surface area contributed by atoms with Crippen LogP contribution in [0.15, 0.2) is 18.2 Å². The first-order chi connectivity index (χ1) is 7.06. The predicted molar refractivity (Wildman–Crippen MR) is 72.9 cm³/mol. The molecule has 1 unspecified atom stereocenters. The molecule has 1 fully saturated rings. The van der Waals surface area contributed by atoms with Gasteiger partial charge in [-0.15, -0.1) is 12.4 Å². The highest BCUT2D eigenvalue weighted by molar-refractivity contribution is 6.42. The maximum atomic E-state index is 6.08. The number of hydrogen-bond donors (Lipinski definition) is 1. The zero-order valence-electron chi connectivity index (χ0n) is 9.17. The van der Waals surface area contributed by atoms with Gasteiger partial charge in [0.05, 0.1) is 10.0 Å². The quantitative estimate of drug-likeness (QED) is 0.864. The highest BCUT2D eigenvalue weighted by atomic mass is 35.5. The molecule has 1 aromatic carbocycles. The van der Waals surface area contributed by atoms with Gasteiger partial charge in [0.2, 0.25) is 0 Å². The number of hydrogen-bond acceptors (Lipinski definition) is 1. The molecule has 2 rings (SSSR count). The molecule has 0 aromatic heterocycles. The average Bonchev–Trinajstić information content (AvgIpc) is 2.08. The minimum Gasteiger partial charge on any atom is -0.327 e. The van der Waals surface area contributed by atoms with E-state index in [1.807, 2.05) is 12.1 Å². The van der Waals surface area contributed by atoms with Crippen molar-refractivity contribution in [1.82, 2.24) is 0 Å². The van der Waals surface area contributed by atoms with Crippen LogP contribution < -0.4 is 5.73 Å². The van der Waals surface area contributed by atoms with Crippen molar-refractivity contribution in [3.8, 4) is 0 Å². The van der Waals surface area contributed by atoms with Crippen LogP contribution in [-0.4, -0.2) is 6.04 Å². The van der Waals surface area contributed by atoms with E-state index in [0.29, 0.717) is 10.0 Å². The van der Waals surface area contributed by atoms with Crippen molar-refractivity contribution in [2.24, 2.45) is 5.73 Å². The molecule has 90 valence electrons. The van der Waals surface area contributed by atoms with Crippen molar-refractivity contribution in [2.75, 3.05) is 0 Å². The lowest BCUT2D eigenvalue weighted by Gasteiger charge is -2.46. The summed E-state index contributed by atoms with van der Waals surface area (Å²) in [4.78, 5) is 0. The molecule has 0 saturated heterocycles. The molecule has 0 radical (unpaired) electrons. The number of halogens is 3. The molecule has 0 aliphatic heterocycles. The Labute approximate surface area is 113 Å². The van der Waals surface area contributed by atoms with Crippen LogP contribution in [0.2, 0.25) is 10.0 Å². The van der Waals surface area contributed by atoms with Gasteiger partial charge in [0.25, 0.3) is 0 Å². The second-order valence-electron chi connectivity index (χ2n) is 4.43. The Hall–Kier alpha value is 0.0500. The summed E-state index contributed by atoms with van der Waals surface area (Å²) < 4.78 is 0. The van der Waals surface area contributed by atoms with Crippen molar-refractivity contribution in [1.29, 1.82) is 0 Å². The third-order valence-electron chi connectivity index (χ3n) is 3.61. The van der Waals surface area contributed by atoms with E-state index >= 15 is 0 Å². The molecule has 1 aliphatic rings. The molecule has 1 aromatic rings. The van der Waals surface area contributed by atoms with Crippen LogP contribution in [0, 0.1) is 0 Å². The van der Waals surface area contributed by atoms with E-state index in [1.54, 1.807) is 0 Å². The molecule has 1 aliphatic carbocycles. The van der Waals surface area contributed by atoms with E-state index in [4.69, 9.17) is 28.9 Å². The number of rotatable bonds is 2. The van der Waals surface area contributed by atoms with E-state index < -0.39 is 0 Å². The number of benzene rings is 1. The van der Waals surface area contributed by atoms with Gasteiger partial charge in [-0.25, -0.2) is 0 Å². The summed E-state index contributed by atoms with van der Waals surface area (Å²) in [5.41, 5.74) is 7.44. The van der Waals surface area contributed by atoms with E-state index in [1.165, 1.54) is 12.0 Å². The van der Waals surface area contributed by atoms with Gasteiger partial charge in [-0.1, -0.05) is 35.7 Å². The van der Waals surface area contributed by atoms with Crippen molar-refractivity contribution < 1.29 is 0 Å². The lowest BCUT2D eigenvalue weighted by molar-refractivity contribution is 0.205. The summed E-state index contributed by atoms with van der Waals surface area (Å²) in [6.45, 7) is 2.07. The summed E-state index contributed by atoms with van der Waals surface area (Å²) in [6.07, 6.45) is 3.56. The smallest absolute Gasteiger partial charge is 0.0595 e. The molecule has 2 N–H and O–H groups in total. The minimum absolute atomic E-state index is 0. The second-order valence-corrected chi connectivity index (χ2v) is 5.24. The highest BCUT2D eigenvalue weighted by Gasteiger charge is 2.41. The van der Waals surface area contributed by atoms with Gasteiger partial charge in [0, 0.05) is 11.5 Å². The molecular formula is C12H16Cl3N. The summed E-state index contributed by atoms with van der Waals surface area (Å²) in [5, 5.41) is 1.24. The summed E-state index contributed by atoms with van der Waals surface area (Å²) in [6, 6.07) is 6.05. The Morgan fingerprint density at radius 2 is 1.88 bits per heavy atom. The first-order valence-electron chi connectivity index (χ1n) is 5.27. The van der Waals surface area contributed by atoms with Gasteiger partial charge < -0.3 is 5.73 Å². The SMILES string of the molecule is CC(N)C1(c2ccc(Cl)c(Cl)c2)CCC1.Cl. The third-order valence-corrected chi connectivity index (χ3v) is 4.35. The normalized spacial score (nSPS) is 19.5. The average molecular weight is 281 g/mol. The molecule has 0 amide bonds. The summed E-state index contributed by atoms with van der Waals surface area (Å²) in [7, 11) is 0. The first kappa shape index (κ1) is 14.1. The van der Waals surface area contributed by atoms with Crippen LogP contribution in [0.3, 0.4) is 0 Å². The third kappa shape index (κ3) is 2.19. The topological polar surface area (TPSA) is 26.0 Å². The lowest BCUT2D eigenvalue weighted by atomic mass is 9.61. The maximum absolute atomic E-state index is 6.08. The van der Waals surface area contributed by atoms with Gasteiger partial charge in [-0.05, 0) is 37.5 Å². The van der Waals surface area contributed by atoms with Crippen LogP contribution in [0.25, 0.3) is 0 Å². The van der Waals surface area contributed by atoms with Crippen LogP contribution >= 0.6 is 35.6 Å². The Bertz CT molecular complexity index is 373. The van der Waals surface area contributed by atoms with Gasteiger partial charge in [-0.2, -0.15) is 0 Å². The summed E-state index contributed by atoms with van der Waals surface area (Å²) >= 11 is 11.9. The second kappa shape index (κ2) is 5.14. The van der Waals surface area contributed by atoms with Crippen LogP contribution in [0.5, 0.6) is 0 Å². The molecule has 1 nitrogen and oxygen atoms in total. The van der Waals surface area contributed by atoms with Gasteiger partial charge in [0.15, 0.2) is 0 Å².